The summed E-state index contributed by atoms with van der Waals surface area (Å²) in [7, 11) is 0. The van der Waals surface area contributed by atoms with Gasteiger partial charge in [0.1, 0.15) is 0 Å². The van der Waals surface area contributed by atoms with Crippen LogP contribution in [0.1, 0.15) is 233 Å². The third-order valence-corrected chi connectivity index (χ3v) is 13.6. The van der Waals surface area contributed by atoms with Crippen LogP contribution in [0.4, 0.5) is 0 Å². The number of rotatable bonds is 44. The van der Waals surface area contributed by atoms with Crippen LogP contribution in [0, 0.1) is 5.92 Å². The van der Waals surface area contributed by atoms with Crippen molar-refractivity contribution in [2.75, 3.05) is 39.5 Å². The molecule has 0 fully saturated rings. The molecule has 0 heterocycles. The SMILES string of the molecule is CCCCCCCCC(CCCCCC)[I-]OCCCCCCN(CCCCCCOC(=O)C(CCCCCC)CCCCCCCC)CC(O)CO. The average Bonchev–Trinajstić information content (AvgIpc) is 3.16. The van der Waals surface area contributed by atoms with Gasteiger partial charge in [0.05, 0.1) is 12.5 Å². The molecular formula is C46H93INO5-. The minimum atomic E-state index is -0.677. The Morgan fingerprint density at radius 2 is 0.925 bits per heavy atom. The van der Waals surface area contributed by atoms with E-state index in [1.54, 1.807) is 0 Å². The van der Waals surface area contributed by atoms with Gasteiger partial charge in [0.2, 0.25) is 0 Å². The molecule has 320 valence electrons. The Morgan fingerprint density at radius 1 is 0.528 bits per heavy atom. The van der Waals surface area contributed by atoms with E-state index in [0.29, 0.717) is 13.2 Å². The molecule has 0 aromatic heterocycles. The van der Waals surface area contributed by atoms with Crippen LogP contribution in [-0.4, -0.2) is 70.6 Å². The summed E-state index contributed by atoms with van der Waals surface area (Å²) in [6, 6.07) is 0. The number of aliphatic hydroxyl groups excluding tert-OH is 2. The van der Waals surface area contributed by atoms with Crippen LogP contribution in [-0.2, 0) is 12.6 Å². The maximum atomic E-state index is 13.0. The Hall–Kier alpha value is 0.0400. The molecule has 0 saturated carbocycles. The van der Waals surface area contributed by atoms with E-state index >= 15 is 0 Å². The number of esters is 1. The van der Waals surface area contributed by atoms with E-state index in [1.807, 2.05) is 0 Å². The van der Waals surface area contributed by atoms with Gasteiger partial charge in [0.25, 0.3) is 0 Å². The fourth-order valence-corrected chi connectivity index (χ4v) is 9.72. The summed E-state index contributed by atoms with van der Waals surface area (Å²) in [5.41, 5.74) is 0. The number of carbonyl (C=O) groups excluding carboxylic acids is 1. The molecular weight excluding hydrogens is 773 g/mol. The monoisotopic (exact) mass is 867 g/mol. The molecule has 0 aromatic rings. The predicted molar refractivity (Wildman–Crippen MR) is 224 cm³/mol. The molecule has 6 nitrogen and oxygen atoms in total. The van der Waals surface area contributed by atoms with Crippen LogP contribution < -0.4 is 21.6 Å². The van der Waals surface area contributed by atoms with Crippen molar-refractivity contribution in [2.24, 2.45) is 5.92 Å². The van der Waals surface area contributed by atoms with Crippen molar-refractivity contribution >= 4 is 5.97 Å². The third-order valence-electron chi connectivity index (χ3n) is 10.8. The van der Waals surface area contributed by atoms with E-state index in [2.05, 4.69) is 32.6 Å². The maximum absolute atomic E-state index is 13.0. The number of nitrogens with zero attached hydrogens (tertiary/aromatic N) is 1. The molecule has 0 radical (unpaired) electrons. The molecule has 0 rings (SSSR count). The molecule has 0 aliphatic heterocycles. The summed E-state index contributed by atoms with van der Waals surface area (Å²) in [5, 5.41) is 19.6. The summed E-state index contributed by atoms with van der Waals surface area (Å²) >= 11 is -0.155. The van der Waals surface area contributed by atoms with E-state index in [9.17, 15) is 15.0 Å². The van der Waals surface area contributed by atoms with Gasteiger partial charge in [-0.3, -0.25) is 4.79 Å². The standard InChI is InChI=1S/C46H93INO5/c1-5-9-13-17-19-26-34-43(33-25-15-11-7-3)46(51)52-39-31-23-21-29-37-48(41-45(50)42-49)38-30-22-24-32-40-53-47-44(35-27-16-12-8-4)36-28-20-18-14-10-6-2/h43-45,49-50H,5-42H2,1-4H3/q-1. The summed E-state index contributed by atoms with van der Waals surface area (Å²) in [6.07, 6.45) is 39.1. The van der Waals surface area contributed by atoms with Crippen LogP contribution in [0.3, 0.4) is 0 Å². The zero-order valence-corrected chi connectivity index (χ0v) is 38.2. The van der Waals surface area contributed by atoms with E-state index in [0.717, 1.165) is 87.8 Å². The first-order valence-electron chi connectivity index (χ1n) is 23.4. The first-order valence-corrected chi connectivity index (χ1v) is 25.6. The second kappa shape index (κ2) is 43.2. The molecule has 0 spiro atoms. The van der Waals surface area contributed by atoms with Gasteiger partial charge in [-0.1, -0.05) is 78.1 Å². The van der Waals surface area contributed by atoms with Crippen molar-refractivity contribution < 1.29 is 44.4 Å². The van der Waals surface area contributed by atoms with Crippen molar-refractivity contribution in [3.8, 4) is 0 Å². The fraction of sp³-hybridized carbons (Fsp3) is 0.978. The first-order chi connectivity index (χ1) is 26.0. The second-order valence-corrected chi connectivity index (χ2v) is 19.0. The number of unbranched alkanes of at least 4 members (excludes halogenated alkanes) is 22. The van der Waals surface area contributed by atoms with Gasteiger partial charge >= 0.3 is 224 Å². The molecule has 0 aliphatic carbocycles. The number of ether oxygens (including phenoxy) is 1. The first kappa shape index (κ1) is 53.0. The van der Waals surface area contributed by atoms with Gasteiger partial charge < -0.3 is 4.74 Å². The van der Waals surface area contributed by atoms with Gasteiger partial charge in [-0.15, -0.1) is 0 Å². The summed E-state index contributed by atoms with van der Waals surface area (Å²) < 4.78 is 13.0. The molecule has 7 heteroatoms. The summed E-state index contributed by atoms with van der Waals surface area (Å²) in [5.74, 6) is 0.119. The van der Waals surface area contributed by atoms with Crippen LogP contribution in [0.25, 0.3) is 0 Å². The molecule has 0 aliphatic rings. The molecule has 0 bridgehead atoms. The number of halogens is 1. The Balaban J connectivity index is 4.29. The molecule has 0 saturated heterocycles. The topological polar surface area (TPSA) is 79.2 Å². The van der Waals surface area contributed by atoms with Crippen molar-refractivity contribution in [1.82, 2.24) is 4.90 Å². The predicted octanol–water partition coefficient (Wildman–Crippen LogP) is 9.75. The number of aliphatic hydroxyl groups is 2. The van der Waals surface area contributed by atoms with Crippen LogP contribution in [0.2, 0.25) is 0 Å². The molecule has 0 amide bonds. The van der Waals surface area contributed by atoms with Crippen LogP contribution >= 0.6 is 0 Å². The van der Waals surface area contributed by atoms with Crippen molar-refractivity contribution in [3.05, 3.63) is 0 Å². The van der Waals surface area contributed by atoms with Gasteiger partial charge in [-0.2, -0.15) is 0 Å². The number of carbonyl (C=O) groups is 1. The van der Waals surface area contributed by atoms with Gasteiger partial charge in [-0.05, 0) is 19.3 Å². The minimum absolute atomic E-state index is 0.0397. The number of alkyl halides is 1. The van der Waals surface area contributed by atoms with Gasteiger partial charge in [0, 0.05) is 0 Å². The van der Waals surface area contributed by atoms with Crippen LogP contribution in [0.5, 0.6) is 0 Å². The Labute approximate surface area is 342 Å². The summed E-state index contributed by atoms with van der Waals surface area (Å²) in [6.45, 7) is 12.8. The van der Waals surface area contributed by atoms with Crippen LogP contribution in [0.15, 0.2) is 0 Å². The fourth-order valence-electron chi connectivity index (χ4n) is 7.25. The van der Waals surface area contributed by atoms with E-state index in [4.69, 9.17) is 7.80 Å². The van der Waals surface area contributed by atoms with Crippen molar-refractivity contribution in [3.63, 3.8) is 0 Å². The Bertz CT molecular complexity index is 728. The Morgan fingerprint density at radius 3 is 1.42 bits per heavy atom. The number of hydrogen-bond donors (Lipinski definition) is 2. The van der Waals surface area contributed by atoms with Crippen molar-refractivity contribution in [2.45, 2.75) is 243 Å². The van der Waals surface area contributed by atoms with E-state index < -0.39 is 6.10 Å². The molecule has 53 heavy (non-hydrogen) atoms. The zero-order chi connectivity index (χ0) is 38.9. The summed E-state index contributed by atoms with van der Waals surface area (Å²) in [4.78, 5) is 15.3. The Kier molecular flexibility index (Phi) is 43.2. The third kappa shape index (κ3) is 37.4. The molecule has 0 aromatic carbocycles. The normalized spacial score (nSPS) is 13.6. The number of hydrogen-bond acceptors (Lipinski definition) is 6. The van der Waals surface area contributed by atoms with E-state index in [-0.39, 0.29) is 40.1 Å². The van der Waals surface area contributed by atoms with Gasteiger partial charge in [0.15, 0.2) is 0 Å². The molecule has 2 N–H and O–H groups in total. The average molecular weight is 867 g/mol. The zero-order valence-electron chi connectivity index (χ0n) is 36.0. The van der Waals surface area contributed by atoms with E-state index in [1.165, 1.54) is 141 Å². The second-order valence-electron chi connectivity index (χ2n) is 16.1. The quantitative estimate of drug-likeness (QED) is 0.0275. The molecule has 3 atom stereocenters. The van der Waals surface area contributed by atoms with Gasteiger partial charge in [-0.25, -0.2) is 0 Å². The van der Waals surface area contributed by atoms with Crippen molar-refractivity contribution in [1.29, 1.82) is 0 Å². The molecule has 3 unspecified atom stereocenters.